The first kappa shape index (κ1) is 20.3. The van der Waals surface area contributed by atoms with E-state index in [1.54, 1.807) is 47.2 Å². The summed E-state index contributed by atoms with van der Waals surface area (Å²) in [5.74, 6) is -0.620. The number of urea groups is 1. The van der Waals surface area contributed by atoms with E-state index in [9.17, 15) is 14.0 Å². The van der Waals surface area contributed by atoms with E-state index < -0.39 is 0 Å². The number of nitrogens with zero attached hydrogens (tertiary/aromatic N) is 2. The van der Waals surface area contributed by atoms with Crippen LogP contribution in [0.2, 0.25) is 0 Å². The van der Waals surface area contributed by atoms with E-state index in [0.717, 1.165) is 36.2 Å². The molecular formula is C23H22FN5O2. The van der Waals surface area contributed by atoms with Gasteiger partial charge in [0, 0.05) is 29.2 Å². The van der Waals surface area contributed by atoms with Crippen LogP contribution in [-0.2, 0) is 12.8 Å². The van der Waals surface area contributed by atoms with E-state index in [4.69, 9.17) is 0 Å². The van der Waals surface area contributed by atoms with Crippen LogP contribution in [0.1, 0.15) is 28.2 Å². The number of carbonyl (C=O) groups excluding carboxylic acids is 2. The zero-order valence-corrected chi connectivity index (χ0v) is 16.8. The molecule has 1 aliphatic rings. The van der Waals surface area contributed by atoms with Crippen molar-refractivity contribution in [2.45, 2.75) is 19.3 Å². The SMILES string of the molecule is C=CCNC(=O)Nc1ccc(NC(=O)c2nn(-c3ccc(F)cc3)c3c2CCC3)cc1. The molecule has 3 N–H and O–H groups in total. The lowest BCUT2D eigenvalue weighted by Gasteiger charge is -2.08. The summed E-state index contributed by atoms with van der Waals surface area (Å²) >= 11 is 0. The average molecular weight is 419 g/mol. The Balaban J connectivity index is 1.49. The quantitative estimate of drug-likeness (QED) is 0.527. The van der Waals surface area contributed by atoms with Gasteiger partial charge in [0.1, 0.15) is 5.82 Å². The first-order valence-electron chi connectivity index (χ1n) is 9.99. The maximum Gasteiger partial charge on any atom is 0.319 e. The summed E-state index contributed by atoms with van der Waals surface area (Å²) in [7, 11) is 0. The predicted octanol–water partition coefficient (Wildman–Crippen LogP) is 4.06. The number of benzene rings is 2. The molecule has 2 aromatic carbocycles. The normalized spacial score (nSPS) is 12.2. The highest BCUT2D eigenvalue weighted by molar-refractivity contribution is 6.04. The lowest BCUT2D eigenvalue weighted by Crippen LogP contribution is -2.28. The van der Waals surface area contributed by atoms with E-state index in [1.165, 1.54) is 12.1 Å². The number of rotatable bonds is 6. The maximum atomic E-state index is 13.3. The molecule has 4 rings (SSSR count). The van der Waals surface area contributed by atoms with Crippen molar-refractivity contribution in [3.8, 4) is 5.69 Å². The Kier molecular flexibility index (Phi) is 5.79. The van der Waals surface area contributed by atoms with Crippen molar-refractivity contribution >= 4 is 23.3 Å². The van der Waals surface area contributed by atoms with E-state index >= 15 is 0 Å². The highest BCUT2D eigenvalue weighted by atomic mass is 19.1. The molecule has 0 spiro atoms. The van der Waals surface area contributed by atoms with Crippen LogP contribution in [-0.4, -0.2) is 28.3 Å². The van der Waals surface area contributed by atoms with Crippen molar-refractivity contribution < 1.29 is 14.0 Å². The molecule has 0 atom stereocenters. The van der Waals surface area contributed by atoms with Crippen molar-refractivity contribution in [1.82, 2.24) is 15.1 Å². The summed E-state index contributed by atoms with van der Waals surface area (Å²) in [5.41, 5.74) is 4.21. The summed E-state index contributed by atoms with van der Waals surface area (Å²) in [6.07, 6.45) is 4.14. The van der Waals surface area contributed by atoms with Gasteiger partial charge < -0.3 is 16.0 Å². The molecule has 0 unspecified atom stereocenters. The fourth-order valence-electron chi connectivity index (χ4n) is 3.58. The largest absolute Gasteiger partial charge is 0.334 e. The van der Waals surface area contributed by atoms with Crippen molar-refractivity contribution in [2.24, 2.45) is 0 Å². The molecule has 0 fully saturated rings. The average Bonchev–Trinajstić information content (AvgIpc) is 3.37. The number of nitrogens with one attached hydrogen (secondary N) is 3. The third-order valence-electron chi connectivity index (χ3n) is 5.02. The molecule has 3 amide bonds. The Hall–Kier alpha value is -3.94. The van der Waals surface area contributed by atoms with Gasteiger partial charge in [0.05, 0.1) is 5.69 Å². The van der Waals surface area contributed by atoms with Gasteiger partial charge in [-0.3, -0.25) is 4.79 Å². The summed E-state index contributed by atoms with van der Waals surface area (Å²) in [4.78, 5) is 24.6. The Morgan fingerprint density at radius 2 is 1.71 bits per heavy atom. The lowest BCUT2D eigenvalue weighted by molar-refractivity contribution is 0.102. The van der Waals surface area contributed by atoms with Gasteiger partial charge in [-0.25, -0.2) is 13.9 Å². The fourth-order valence-corrected chi connectivity index (χ4v) is 3.58. The predicted molar refractivity (Wildman–Crippen MR) is 117 cm³/mol. The van der Waals surface area contributed by atoms with Crippen molar-refractivity contribution in [1.29, 1.82) is 0 Å². The topological polar surface area (TPSA) is 88.1 Å². The van der Waals surface area contributed by atoms with Crippen molar-refractivity contribution in [3.05, 3.63) is 84.0 Å². The first-order valence-corrected chi connectivity index (χ1v) is 9.99. The Bertz CT molecular complexity index is 1120. The second-order valence-corrected chi connectivity index (χ2v) is 7.17. The second-order valence-electron chi connectivity index (χ2n) is 7.17. The molecule has 1 aromatic heterocycles. The van der Waals surface area contributed by atoms with Crippen LogP contribution in [0.5, 0.6) is 0 Å². The molecule has 0 bridgehead atoms. The molecule has 158 valence electrons. The minimum atomic E-state index is -0.335. The number of hydrogen-bond donors (Lipinski definition) is 3. The number of carbonyl (C=O) groups is 2. The van der Waals surface area contributed by atoms with Crippen molar-refractivity contribution in [2.75, 3.05) is 17.2 Å². The van der Waals surface area contributed by atoms with E-state index in [2.05, 4.69) is 27.6 Å². The molecule has 7 nitrogen and oxygen atoms in total. The number of halogens is 1. The smallest absolute Gasteiger partial charge is 0.319 e. The van der Waals surface area contributed by atoms with Gasteiger partial charge in [0.15, 0.2) is 5.69 Å². The van der Waals surface area contributed by atoms with E-state index in [1.807, 2.05) is 0 Å². The molecule has 0 saturated carbocycles. The van der Waals surface area contributed by atoms with Gasteiger partial charge in [0.2, 0.25) is 0 Å². The standard InChI is InChI=1S/C23H22FN5O2/c1-2-14-25-23(31)27-17-10-8-16(9-11-17)26-22(30)21-19-4-3-5-20(19)29(28-21)18-12-6-15(24)7-13-18/h2,6-13H,1,3-5,14H2,(H,26,30)(H2,25,27,31). The number of anilines is 2. The van der Waals surface area contributed by atoms with Crippen molar-refractivity contribution in [3.63, 3.8) is 0 Å². The molecular weight excluding hydrogens is 397 g/mol. The molecule has 0 radical (unpaired) electrons. The third kappa shape index (κ3) is 4.48. The van der Waals surface area contributed by atoms with E-state index in [-0.39, 0.29) is 17.8 Å². The lowest BCUT2D eigenvalue weighted by atomic mass is 10.2. The Morgan fingerprint density at radius 3 is 2.39 bits per heavy atom. The Morgan fingerprint density at radius 1 is 1.03 bits per heavy atom. The molecule has 0 aliphatic heterocycles. The summed E-state index contributed by atoms with van der Waals surface area (Å²) < 4.78 is 15.0. The van der Waals surface area contributed by atoms with Gasteiger partial charge in [-0.05, 0) is 67.8 Å². The van der Waals surface area contributed by atoms with Gasteiger partial charge in [-0.15, -0.1) is 6.58 Å². The van der Waals surface area contributed by atoms with Crippen LogP contribution in [0.3, 0.4) is 0 Å². The summed E-state index contributed by atoms with van der Waals surface area (Å²) in [6, 6.07) is 12.5. The number of amides is 3. The van der Waals surface area contributed by atoms with Gasteiger partial charge in [0.25, 0.3) is 5.91 Å². The van der Waals surface area contributed by atoms with Crippen LogP contribution in [0.15, 0.2) is 61.2 Å². The minimum absolute atomic E-state index is 0.302. The molecule has 31 heavy (non-hydrogen) atoms. The summed E-state index contributed by atoms with van der Waals surface area (Å²) in [5, 5.41) is 12.7. The number of hydrogen-bond acceptors (Lipinski definition) is 3. The molecule has 1 aliphatic carbocycles. The maximum absolute atomic E-state index is 13.3. The Labute approximate surface area is 179 Å². The van der Waals surface area contributed by atoms with Crippen LogP contribution in [0, 0.1) is 5.82 Å². The monoisotopic (exact) mass is 419 g/mol. The van der Waals surface area contributed by atoms with Crippen LogP contribution >= 0.6 is 0 Å². The summed E-state index contributed by atoms with van der Waals surface area (Å²) in [6.45, 7) is 3.91. The third-order valence-corrected chi connectivity index (χ3v) is 5.02. The molecule has 3 aromatic rings. The van der Waals surface area contributed by atoms with Crippen LogP contribution in [0.4, 0.5) is 20.6 Å². The fraction of sp³-hybridized carbons (Fsp3) is 0.174. The van der Waals surface area contributed by atoms with E-state index in [0.29, 0.717) is 23.6 Å². The minimum Gasteiger partial charge on any atom is -0.334 e. The molecule has 0 saturated heterocycles. The van der Waals surface area contributed by atoms with Crippen LogP contribution < -0.4 is 16.0 Å². The second kappa shape index (κ2) is 8.83. The van der Waals surface area contributed by atoms with Gasteiger partial charge in [-0.1, -0.05) is 6.08 Å². The molecule has 8 heteroatoms. The highest BCUT2D eigenvalue weighted by Gasteiger charge is 2.27. The first-order chi connectivity index (χ1) is 15.0. The van der Waals surface area contributed by atoms with Gasteiger partial charge >= 0.3 is 6.03 Å². The number of fused-ring (bicyclic) bond motifs is 1. The zero-order chi connectivity index (χ0) is 21.8. The van der Waals surface area contributed by atoms with Gasteiger partial charge in [-0.2, -0.15) is 5.10 Å². The zero-order valence-electron chi connectivity index (χ0n) is 16.8. The van der Waals surface area contributed by atoms with Crippen LogP contribution in [0.25, 0.3) is 5.69 Å². The number of aromatic nitrogens is 2. The highest BCUT2D eigenvalue weighted by Crippen LogP contribution is 2.28. The molecule has 1 heterocycles.